The van der Waals surface area contributed by atoms with Gasteiger partial charge in [-0.15, -0.1) is 0 Å². The summed E-state index contributed by atoms with van der Waals surface area (Å²) in [5, 5.41) is 0.399. The molecule has 2 aromatic carbocycles. The molecule has 3 aromatic rings. The maximum atomic E-state index is 13.0. The van der Waals surface area contributed by atoms with Crippen molar-refractivity contribution in [1.82, 2.24) is 19.4 Å². The first-order valence-electron chi connectivity index (χ1n) is 10.9. The summed E-state index contributed by atoms with van der Waals surface area (Å²) in [4.78, 5) is 55.8. The molecule has 0 atom stereocenters. The summed E-state index contributed by atoms with van der Waals surface area (Å²) in [7, 11) is 3.05. The van der Waals surface area contributed by atoms with Crippen molar-refractivity contribution in [2.45, 2.75) is 13.0 Å². The number of piperazine rings is 1. The molecule has 10 nitrogen and oxygen atoms in total. The molecule has 0 saturated carbocycles. The normalized spacial score (nSPS) is 13.7. The molecular weight excluding hydrogens is 440 g/mol. The Morgan fingerprint density at radius 2 is 1.53 bits per heavy atom. The number of aromatic amines is 1. The Labute approximate surface area is 195 Å². The fourth-order valence-corrected chi connectivity index (χ4v) is 4.10. The van der Waals surface area contributed by atoms with E-state index in [2.05, 4.69) is 4.98 Å². The van der Waals surface area contributed by atoms with Crippen molar-refractivity contribution in [3.05, 3.63) is 68.9 Å². The lowest BCUT2D eigenvalue weighted by atomic mass is 10.1. The van der Waals surface area contributed by atoms with Crippen LogP contribution in [0.5, 0.6) is 11.5 Å². The number of nitrogens with one attached hydrogen (secondary N) is 1. The number of carbonyl (C=O) groups is 2. The summed E-state index contributed by atoms with van der Waals surface area (Å²) in [6.45, 7) is 1.73. The third kappa shape index (κ3) is 4.66. The summed E-state index contributed by atoms with van der Waals surface area (Å²) in [5.74, 6) is 0.788. The van der Waals surface area contributed by atoms with Crippen molar-refractivity contribution in [1.29, 1.82) is 0 Å². The van der Waals surface area contributed by atoms with Crippen LogP contribution >= 0.6 is 0 Å². The smallest absolute Gasteiger partial charge is 0.328 e. The largest absolute Gasteiger partial charge is 0.497 e. The standard InChI is InChI=1S/C24H26N4O6/c1-33-17-13-16(14-18(15-17)34-2)23(31)27-11-9-26(10-12-27)21(29)7-8-28-20-6-4-3-5-19(20)22(30)25-24(28)32/h3-6,13-15H,7-12H2,1-2H3,(H,25,30,32). The van der Waals surface area contributed by atoms with E-state index >= 15 is 0 Å². The zero-order valence-corrected chi connectivity index (χ0v) is 19.1. The van der Waals surface area contributed by atoms with Gasteiger partial charge in [-0.1, -0.05) is 12.1 Å². The molecule has 1 N–H and O–H groups in total. The van der Waals surface area contributed by atoms with Gasteiger partial charge in [0.1, 0.15) is 11.5 Å². The first-order valence-corrected chi connectivity index (χ1v) is 10.9. The van der Waals surface area contributed by atoms with Crippen LogP contribution in [-0.2, 0) is 11.3 Å². The lowest BCUT2D eigenvalue weighted by Crippen LogP contribution is -2.50. The molecule has 0 radical (unpaired) electrons. The SMILES string of the molecule is COc1cc(OC)cc(C(=O)N2CCN(C(=O)CCn3c(=O)[nH]c(=O)c4ccccc43)CC2)c1. The van der Waals surface area contributed by atoms with E-state index in [0.29, 0.717) is 54.1 Å². The van der Waals surface area contributed by atoms with Crippen molar-refractivity contribution < 1.29 is 19.1 Å². The topological polar surface area (TPSA) is 114 Å². The van der Waals surface area contributed by atoms with Crippen LogP contribution in [0.25, 0.3) is 10.9 Å². The van der Waals surface area contributed by atoms with Crippen LogP contribution in [0.15, 0.2) is 52.1 Å². The number of carbonyl (C=O) groups excluding carboxylic acids is 2. The Balaban J connectivity index is 1.38. The molecule has 1 aromatic heterocycles. The quantitative estimate of drug-likeness (QED) is 0.582. The van der Waals surface area contributed by atoms with Crippen molar-refractivity contribution >= 4 is 22.7 Å². The predicted octanol–water partition coefficient (Wildman–Crippen LogP) is 1.08. The van der Waals surface area contributed by atoms with Gasteiger partial charge < -0.3 is 19.3 Å². The van der Waals surface area contributed by atoms with E-state index in [4.69, 9.17) is 9.47 Å². The van der Waals surface area contributed by atoms with Crippen LogP contribution < -0.4 is 20.7 Å². The fourth-order valence-electron chi connectivity index (χ4n) is 4.10. The Kier molecular flexibility index (Phi) is 6.67. The second-order valence-electron chi connectivity index (χ2n) is 7.95. The first-order chi connectivity index (χ1) is 16.4. The molecular formula is C24H26N4O6. The fraction of sp³-hybridized carbons (Fsp3) is 0.333. The van der Waals surface area contributed by atoms with Crippen LogP contribution in [0.2, 0.25) is 0 Å². The Bertz CT molecular complexity index is 1320. The highest BCUT2D eigenvalue weighted by molar-refractivity contribution is 5.95. The molecule has 0 aliphatic carbocycles. The number of rotatable bonds is 6. The highest BCUT2D eigenvalue weighted by Gasteiger charge is 2.25. The van der Waals surface area contributed by atoms with Gasteiger partial charge in [-0.25, -0.2) is 4.79 Å². The number of methoxy groups -OCH3 is 2. The van der Waals surface area contributed by atoms with Crippen molar-refractivity contribution in [3.63, 3.8) is 0 Å². The average Bonchev–Trinajstić information content (AvgIpc) is 2.87. The molecule has 4 rings (SSSR count). The highest BCUT2D eigenvalue weighted by Crippen LogP contribution is 2.24. The molecule has 1 saturated heterocycles. The van der Waals surface area contributed by atoms with Crippen molar-refractivity contribution in [3.8, 4) is 11.5 Å². The predicted molar refractivity (Wildman–Crippen MR) is 125 cm³/mol. The second-order valence-corrected chi connectivity index (χ2v) is 7.95. The molecule has 1 aliphatic heterocycles. The molecule has 1 fully saturated rings. The maximum Gasteiger partial charge on any atom is 0.328 e. The number of H-pyrrole nitrogens is 1. The van der Waals surface area contributed by atoms with Gasteiger partial charge in [0, 0.05) is 50.8 Å². The zero-order valence-electron chi connectivity index (χ0n) is 19.1. The monoisotopic (exact) mass is 466 g/mol. The summed E-state index contributed by atoms with van der Waals surface area (Å²) in [5.41, 5.74) is -0.0354. The average molecular weight is 466 g/mol. The molecule has 178 valence electrons. The van der Waals surface area contributed by atoms with Crippen molar-refractivity contribution in [2.75, 3.05) is 40.4 Å². The van der Waals surface area contributed by atoms with Crippen LogP contribution in [-0.4, -0.2) is 71.6 Å². The minimum atomic E-state index is -0.541. The van der Waals surface area contributed by atoms with Gasteiger partial charge in [-0.05, 0) is 24.3 Å². The Hall–Kier alpha value is -4.08. The number of benzene rings is 2. The number of hydrogen-bond acceptors (Lipinski definition) is 6. The van der Waals surface area contributed by atoms with Crippen LogP contribution in [0, 0.1) is 0 Å². The van der Waals surface area contributed by atoms with E-state index in [0.717, 1.165) is 0 Å². The minimum absolute atomic E-state index is 0.108. The molecule has 10 heteroatoms. The lowest BCUT2D eigenvalue weighted by Gasteiger charge is -2.35. The van der Waals surface area contributed by atoms with E-state index in [1.807, 2.05) is 0 Å². The van der Waals surface area contributed by atoms with E-state index in [9.17, 15) is 19.2 Å². The van der Waals surface area contributed by atoms with E-state index in [1.165, 1.54) is 18.8 Å². The van der Waals surface area contributed by atoms with Crippen molar-refractivity contribution in [2.24, 2.45) is 0 Å². The van der Waals surface area contributed by atoms with Gasteiger partial charge in [0.25, 0.3) is 11.5 Å². The van der Waals surface area contributed by atoms with Gasteiger partial charge in [-0.3, -0.25) is 23.9 Å². The summed E-state index contributed by atoms with van der Waals surface area (Å²) < 4.78 is 11.9. The Morgan fingerprint density at radius 3 is 2.18 bits per heavy atom. The third-order valence-corrected chi connectivity index (χ3v) is 5.97. The molecule has 2 amide bonds. The van der Waals surface area contributed by atoms with Crippen LogP contribution in [0.1, 0.15) is 16.8 Å². The molecule has 0 unspecified atom stereocenters. The van der Waals surface area contributed by atoms with Crippen LogP contribution in [0.3, 0.4) is 0 Å². The number of fused-ring (bicyclic) bond motifs is 1. The second kappa shape index (κ2) is 9.82. The lowest BCUT2D eigenvalue weighted by molar-refractivity contribution is -0.132. The molecule has 1 aliphatic rings. The summed E-state index contributed by atoms with van der Waals surface area (Å²) in [6, 6.07) is 11.8. The molecule has 2 heterocycles. The molecule has 0 spiro atoms. The number of nitrogens with zero attached hydrogens (tertiary/aromatic N) is 3. The van der Waals surface area contributed by atoms with Gasteiger partial charge in [0.05, 0.1) is 25.1 Å². The van der Waals surface area contributed by atoms with Gasteiger partial charge >= 0.3 is 5.69 Å². The number of hydrogen-bond donors (Lipinski definition) is 1. The van der Waals surface area contributed by atoms with Crippen LogP contribution in [0.4, 0.5) is 0 Å². The minimum Gasteiger partial charge on any atom is -0.497 e. The number of amides is 2. The summed E-state index contributed by atoms with van der Waals surface area (Å²) >= 11 is 0. The van der Waals surface area contributed by atoms with E-state index < -0.39 is 11.2 Å². The highest BCUT2D eigenvalue weighted by atomic mass is 16.5. The van der Waals surface area contributed by atoms with E-state index in [1.54, 1.807) is 52.3 Å². The van der Waals surface area contributed by atoms with Gasteiger partial charge in [-0.2, -0.15) is 0 Å². The number of para-hydroxylation sites is 1. The maximum absolute atomic E-state index is 13.0. The number of aromatic nitrogens is 2. The molecule has 0 bridgehead atoms. The zero-order chi connectivity index (χ0) is 24.2. The number of aryl methyl sites for hydroxylation is 1. The number of ether oxygens (including phenoxy) is 2. The van der Waals surface area contributed by atoms with Gasteiger partial charge in [0.15, 0.2) is 0 Å². The summed E-state index contributed by atoms with van der Waals surface area (Å²) in [6.07, 6.45) is 0.108. The first kappa shape index (κ1) is 23.1. The van der Waals surface area contributed by atoms with Gasteiger partial charge in [0.2, 0.25) is 5.91 Å². The van der Waals surface area contributed by atoms with E-state index in [-0.39, 0.29) is 24.8 Å². The third-order valence-electron chi connectivity index (χ3n) is 5.97. The Morgan fingerprint density at radius 1 is 0.912 bits per heavy atom. The molecule has 34 heavy (non-hydrogen) atoms.